The SMILES string of the molecule is CC(C)(C)OC(=O)NCCNc1ccnc2ccccc12. The fourth-order valence-electron chi connectivity index (χ4n) is 1.93. The minimum Gasteiger partial charge on any atom is -0.444 e. The Balaban J connectivity index is 1.84. The lowest BCUT2D eigenvalue weighted by Crippen LogP contribution is -2.35. The van der Waals surface area contributed by atoms with E-state index in [1.807, 2.05) is 51.1 Å². The van der Waals surface area contributed by atoms with Gasteiger partial charge in [0.2, 0.25) is 0 Å². The third-order valence-electron chi connectivity index (χ3n) is 2.76. The Morgan fingerprint density at radius 2 is 1.95 bits per heavy atom. The van der Waals surface area contributed by atoms with E-state index >= 15 is 0 Å². The van der Waals surface area contributed by atoms with Crippen molar-refractivity contribution in [3.63, 3.8) is 0 Å². The molecule has 0 aliphatic heterocycles. The number of rotatable bonds is 4. The van der Waals surface area contributed by atoms with E-state index in [1.165, 1.54) is 0 Å². The van der Waals surface area contributed by atoms with Gasteiger partial charge in [-0.2, -0.15) is 0 Å². The maximum absolute atomic E-state index is 11.5. The number of hydrogen-bond donors (Lipinski definition) is 2. The Kier molecular flexibility index (Phi) is 4.62. The van der Waals surface area contributed by atoms with Crippen molar-refractivity contribution in [2.24, 2.45) is 0 Å². The number of carbonyl (C=O) groups is 1. The van der Waals surface area contributed by atoms with Gasteiger partial charge in [0, 0.05) is 30.4 Å². The van der Waals surface area contributed by atoms with E-state index in [4.69, 9.17) is 4.74 Å². The number of nitrogens with one attached hydrogen (secondary N) is 2. The molecule has 0 fully saturated rings. The van der Waals surface area contributed by atoms with Crippen LogP contribution in [0.15, 0.2) is 36.5 Å². The Labute approximate surface area is 124 Å². The van der Waals surface area contributed by atoms with Crippen LogP contribution in [0.2, 0.25) is 0 Å². The molecule has 2 aromatic rings. The molecule has 112 valence electrons. The van der Waals surface area contributed by atoms with Crippen LogP contribution in [0, 0.1) is 0 Å². The van der Waals surface area contributed by atoms with Gasteiger partial charge in [-0.05, 0) is 32.9 Å². The number of hydrogen-bond acceptors (Lipinski definition) is 4. The van der Waals surface area contributed by atoms with Crippen LogP contribution in [0.4, 0.5) is 10.5 Å². The van der Waals surface area contributed by atoms with Crippen LogP contribution in [0.3, 0.4) is 0 Å². The highest BCUT2D eigenvalue weighted by molar-refractivity contribution is 5.90. The van der Waals surface area contributed by atoms with Gasteiger partial charge in [0.15, 0.2) is 0 Å². The Hall–Kier alpha value is -2.30. The monoisotopic (exact) mass is 287 g/mol. The van der Waals surface area contributed by atoms with Crippen LogP contribution in [0.1, 0.15) is 20.8 Å². The molecule has 0 saturated carbocycles. The summed E-state index contributed by atoms with van der Waals surface area (Å²) in [6.45, 7) is 6.63. The van der Waals surface area contributed by atoms with Crippen molar-refractivity contribution in [2.75, 3.05) is 18.4 Å². The van der Waals surface area contributed by atoms with Crippen molar-refractivity contribution >= 4 is 22.7 Å². The van der Waals surface area contributed by atoms with Gasteiger partial charge in [-0.15, -0.1) is 0 Å². The molecule has 0 aliphatic carbocycles. The van der Waals surface area contributed by atoms with Crippen molar-refractivity contribution in [1.29, 1.82) is 0 Å². The lowest BCUT2D eigenvalue weighted by molar-refractivity contribution is 0.0530. The summed E-state index contributed by atoms with van der Waals surface area (Å²) < 4.78 is 5.17. The molecule has 5 nitrogen and oxygen atoms in total. The van der Waals surface area contributed by atoms with Crippen molar-refractivity contribution < 1.29 is 9.53 Å². The van der Waals surface area contributed by atoms with Crippen LogP contribution >= 0.6 is 0 Å². The third kappa shape index (κ3) is 4.63. The number of anilines is 1. The van der Waals surface area contributed by atoms with E-state index < -0.39 is 11.7 Å². The van der Waals surface area contributed by atoms with E-state index in [9.17, 15) is 4.79 Å². The molecular formula is C16H21N3O2. The van der Waals surface area contributed by atoms with Gasteiger partial charge in [0.05, 0.1) is 5.52 Å². The van der Waals surface area contributed by atoms with Gasteiger partial charge in [0.25, 0.3) is 0 Å². The number of fused-ring (bicyclic) bond motifs is 1. The number of nitrogens with zero attached hydrogens (tertiary/aromatic N) is 1. The second kappa shape index (κ2) is 6.43. The number of alkyl carbamates (subject to hydrolysis) is 1. The summed E-state index contributed by atoms with van der Waals surface area (Å²) in [6, 6.07) is 9.86. The largest absolute Gasteiger partial charge is 0.444 e. The molecule has 0 spiro atoms. The molecular weight excluding hydrogens is 266 g/mol. The van der Waals surface area contributed by atoms with Gasteiger partial charge in [0.1, 0.15) is 5.60 Å². The molecule has 1 heterocycles. The number of ether oxygens (including phenoxy) is 1. The quantitative estimate of drug-likeness (QED) is 0.848. The number of para-hydroxylation sites is 1. The molecule has 0 unspecified atom stereocenters. The fraction of sp³-hybridized carbons (Fsp3) is 0.375. The van der Waals surface area contributed by atoms with Crippen molar-refractivity contribution in [3.05, 3.63) is 36.5 Å². The average Bonchev–Trinajstić information content (AvgIpc) is 2.42. The molecule has 2 N–H and O–H groups in total. The summed E-state index contributed by atoms with van der Waals surface area (Å²) in [5.41, 5.74) is 1.48. The lowest BCUT2D eigenvalue weighted by Gasteiger charge is -2.19. The summed E-state index contributed by atoms with van der Waals surface area (Å²) in [6.07, 6.45) is 1.37. The van der Waals surface area contributed by atoms with E-state index in [2.05, 4.69) is 15.6 Å². The molecule has 1 amide bonds. The van der Waals surface area contributed by atoms with E-state index in [0.717, 1.165) is 16.6 Å². The molecule has 1 aromatic carbocycles. The molecule has 0 aliphatic rings. The lowest BCUT2D eigenvalue weighted by atomic mass is 10.2. The van der Waals surface area contributed by atoms with Gasteiger partial charge < -0.3 is 15.4 Å². The average molecular weight is 287 g/mol. The zero-order valence-corrected chi connectivity index (χ0v) is 12.6. The smallest absolute Gasteiger partial charge is 0.407 e. The van der Waals surface area contributed by atoms with Crippen molar-refractivity contribution in [3.8, 4) is 0 Å². The Morgan fingerprint density at radius 3 is 2.71 bits per heavy atom. The first-order valence-corrected chi connectivity index (χ1v) is 7.00. The highest BCUT2D eigenvalue weighted by Crippen LogP contribution is 2.20. The molecule has 5 heteroatoms. The molecule has 0 bridgehead atoms. The number of aromatic nitrogens is 1. The van der Waals surface area contributed by atoms with Gasteiger partial charge in [-0.3, -0.25) is 4.98 Å². The maximum atomic E-state index is 11.5. The van der Waals surface area contributed by atoms with Crippen LogP contribution < -0.4 is 10.6 Å². The summed E-state index contributed by atoms with van der Waals surface area (Å²) in [5.74, 6) is 0. The number of amides is 1. The summed E-state index contributed by atoms with van der Waals surface area (Å²) in [5, 5.41) is 7.08. The number of benzene rings is 1. The summed E-state index contributed by atoms with van der Waals surface area (Å²) in [4.78, 5) is 15.8. The standard InChI is InChI=1S/C16H21N3O2/c1-16(2,3)21-15(20)19-11-10-18-14-8-9-17-13-7-5-4-6-12(13)14/h4-9H,10-11H2,1-3H3,(H,17,18)(H,19,20). The maximum Gasteiger partial charge on any atom is 0.407 e. The van der Waals surface area contributed by atoms with Crippen LogP contribution in [0.25, 0.3) is 10.9 Å². The molecule has 21 heavy (non-hydrogen) atoms. The number of pyridine rings is 1. The molecule has 0 saturated heterocycles. The van der Waals surface area contributed by atoms with E-state index in [1.54, 1.807) is 6.20 Å². The normalized spacial score (nSPS) is 11.2. The van der Waals surface area contributed by atoms with Crippen molar-refractivity contribution in [2.45, 2.75) is 26.4 Å². The second-order valence-electron chi connectivity index (χ2n) is 5.73. The Morgan fingerprint density at radius 1 is 1.19 bits per heavy atom. The topological polar surface area (TPSA) is 63.2 Å². The van der Waals surface area contributed by atoms with Gasteiger partial charge >= 0.3 is 6.09 Å². The molecule has 0 atom stereocenters. The fourth-order valence-corrected chi connectivity index (χ4v) is 1.93. The highest BCUT2D eigenvalue weighted by atomic mass is 16.6. The first kappa shape index (κ1) is 15.1. The van der Waals surface area contributed by atoms with E-state index in [0.29, 0.717) is 13.1 Å². The predicted molar refractivity (Wildman–Crippen MR) is 84.5 cm³/mol. The molecule has 0 radical (unpaired) electrons. The Bertz CT molecular complexity index is 615. The van der Waals surface area contributed by atoms with Crippen LogP contribution in [-0.2, 0) is 4.74 Å². The van der Waals surface area contributed by atoms with Gasteiger partial charge in [-0.1, -0.05) is 18.2 Å². The first-order valence-electron chi connectivity index (χ1n) is 7.00. The van der Waals surface area contributed by atoms with Gasteiger partial charge in [-0.25, -0.2) is 4.79 Å². The first-order chi connectivity index (χ1) is 9.96. The zero-order valence-electron chi connectivity index (χ0n) is 12.6. The second-order valence-corrected chi connectivity index (χ2v) is 5.73. The zero-order chi connectivity index (χ0) is 15.3. The highest BCUT2D eigenvalue weighted by Gasteiger charge is 2.15. The van der Waals surface area contributed by atoms with E-state index in [-0.39, 0.29) is 0 Å². The minimum atomic E-state index is -0.473. The third-order valence-corrected chi connectivity index (χ3v) is 2.76. The minimum absolute atomic E-state index is 0.399. The summed E-state index contributed by atoms with van der Waals surface area (Å²) >= 11 is 0. The van der Waals surface area contributed by atoms with Crippen LogP contribution in [-0.4, -0.2) is 29.8 Å². The predicted octanol–water partition coefficient (Wildman–Crippen LogP) is 3.17. The number of carbonyl (C=O) groups excluding carboxylic acids is 1. The van der Waals surface area contributed by atoms with Crippen LogP contribution in [0.5, 0.6) is 0 Å². The molecule has 2 rings (SSSR count). The van der Waals surface area contributed by atoms with Crippen molar-refractivity contribution in [1.82, 2.24) is 10.3 Å². The molecule has 1 aromatic heterocycles. The summed E-state index contributed by atoms with van der Waals surface area (Å²) in [7, 11) is 0.